The predicted molar refractivity (Wildman–Crippen MR) is 97.7 cm³/mol. The van der Waals surface area contributed by atoms with Crippen molar-refractivity contribution in [1.82, 2.24) is 14.5 Å². The average Bonchev–Trinajstić information content (AvgIpc) is 3.08. The number of benzene rings is 1. The lowest BCUT2D eigenvalue weighted by Crippen LogP contribution is -2.43. The molecule has 3 aromatic rings. The van der Waals surface area contributed by atoms with Gasteiger partial charge in [-0.3, -0.25) is 4.79 Å². The molecule has 152 valence electrons. The lowest BCUT2D eigenvalue weighted by Gasteiger charge is -2.23. The minimum absolute atomic E-state index is 0.151. The van der Waals surface area contributed by atoms with E-state index in [0.29, 0.717) is 11.6 Å². The third-order valence-corrected chi connectivity index (χ3v) is 4.27. The summed E-state index contributed by atoms with van der Waals surface area (Å²) in [6.45, 7) is 0.922. The molecule has 0 spiro atoms. The summed E-state index contributed by atoms with van der Waals surface area (Å²) < 4.78 is 40.7. The first-order valence-electron chi connectivity index (χ1n) is 8.42. The molecule has 2 N–H and O–H groups in total. The Morgan fingerprint density at radius 1 is 1.23 bits per heavy atom. The molecule has 0 aliphatic carbocycles. The fraction of sp³-hybridized carbons (Fsp3) is 0.211. The molecule has 30 heavy (non-hydrogen) atoms. The first kappa shape index (κ1) is 20.8. The summed E-state index contributed by atoms with van der Waals surface area (Å²) in [6.07, 6.45) is -3.45. The number of anilines is 1. The molecule has 0 aliphatic rings. The number of nitrogens with one attached hydrogen (secondary N) is 1. The molecular weight excluding hydrogens is 401 g/mol. The van der Waals surface area contributed by atoms with Crippen LogP contribution in [0.4, 0.5) is 18.9 Å². The fourth-order valence-corrected chi connectivity index (χ4v) is 2.76. The Bertz CT molecular complexity index is 1220. The third-order valence-electron chi connectivity index (χ3n) is 4.27. The number of nitrogens with zero attached hydrogens (tertiary/aromatic N) is 5. The number of halogens is 3. The van der Waals surface area contributed by atoms with E-state index in [1.165, 1.54) is 30.0 Å². The highest BCUT2D eigenvalue weighted by atomic mass is 19.4. The van der Waals surface area contributed by atoms with Gasteiger partial charge in [-0.05, 0) is 37.3 Å². The van der Waals surface area contributed by atoms with Gasteiger partial charge in [0.2, 0.25) is 0 Å². The van der Waals surface area contributed by atoms with Crippen LogP contribution in [0.3, 0.4) is 0 Å². The SMILES string of the molecule is C[C@](O)(Cn1cnc2nc(C#N)ccc21)C(=O)Nc1ccc(C#N)c(C(F)(F)F)c1. The predicted octanol–water partition coefficient (Wildman–Crippen LogP) is 2.58. The van der Waals surface area contributed by atoms with Crippen molar-refractivity contribution in [1.29, 1.82) is 10.5 Å². The van der Waals surface area contributed by atoms with E-state index >= 15 is 0 Å². The second-order valence-electron chi connectivity index (χ2n) is 6.62. The van der Waals surface area contributed by atoms with Gasteiger partial charge in [-0.15, -0.1) is 0 Å². The van der Waals surface area contributed by atoms with Gasteiger partial charge in [0.25, 0.3) is 5.91 Å². The van der Waals surface area contributed by atoms with Gasteiger partial charge < -0.3 is 15.0 Å². The zero-order chi connectivity index (χ0) is 22.1. The number of nitriles is 2. The zero-order valence-corrected chi connectivity index (χ0v) is 15.4. The van der Waals surface area contributed by atoms with E-state index in [9.17, 15) is 23.1 Å². The average molecular weight is 414 g/mol. The van der Waals surface area contributed by atoms with E-state index in [0.717, 1.165) is 12.1 Å². The smallest absolute Gasteiger partial charge is 0.378 e. The van der Waals surface area contributed by atoms with Crippen molar-refractivity contribution in [3.05, 3.63) is 53.5 Å². The second kappa shape index (κ2) is 7.46. The van der Waals surface area contributed by atoms with Crippen LogP contribution in [0.5, 0.6) is 0 Å². The quantitative estimate of drug-likeness (QED) is 0.675. The van der Waals surface area contributed by atoms with Gasteiger partial charge in [-0.25, -0.2) is 9.97 Å². The lowest BCUT2D eigenvalue weighted by atomic mass is 10.0. The maximum Gasteiger partial charge on any atom is 0.417 e. The molecule has 0 radical (unpaired) electrons. The van der Waals surface area contributed by atoms with Gasteiger partial charge in [0.15, 0.2) is 11.2 Å². The molecule has 0 bridgehead atoms. The summed E-state index contributed by atoms with van der Waals surface area (Å²) in [4.78, 5) is 20.5. The number of aromatic nitrogens is 3. The first-order valence-corrected chi connectivity index (χ1v) is 8.42. The highest BCUT2D eigenvalue weighted by molar-refractivity contribution is 5.97. The van der Waals surface area contributed by atoms with Crippen molar-refractivity contribution < 1.29 is 23.1 Å². The summed E-state index contributed by atoms with van der Waals surface area (Å²) in [7, 11) is 0. The number of hydrogen-bond acceptors (Lipinski definition) is 6. The molecule has 0 aliphatic heterocycles. The normalized spacial score (nSPS) is 13.3. The summed E-state index contributed by atoms with van der Waals surface area (Å²) in [6, 6.07) is 9.03. The minimum atomic E-state index is -4.78. The number of aliphatic hydroxyl groups is 1. The fourth-order valence-electron chi connectivity index (χ4n) is 2.76. The Labute approximate surface area is 167 Å². The van der Waals surface area contributed by atoms with Crippen LogP contribution in [0.2, 0.25) is 0 Å². The maximum absolute atomic E-state index is 13.1. The summed E-state index contributed by atoms with van der Waals surface area (Å²) in [5.74, 6) is -0.955. The first-order chi connectivity index (χ1) is 14.0. The molecule has 0 saturated heterocycles. The molecular formula is C19H13F3N6O2. The van der Waals surface area contributed by atoms with Crippen LogP contribution in [0.1, 0.15) is 23.7 Å². The number of imidazole rings is 1. The van der Waals surface area contributed by atoms with E-state index in [-0.39, 0.29) is 23.6 Å². The monoisotopic (exact) mass is 414 g/mol. The molecule has 0 saturated carbocycles. The Balaban J connectivity index is 1.83. The van der Waals surface area contributed by atoms with Crippen molar-refractivity contribution >= 4 is 22.8 Å². The molecule has 1 amide bonds. The number of hydrogen-bond donors (Lipinski definition) is 2. The van der Waals surface area contributed by atoms with Crippen LogP contribution >= 0.6 is 0 Å². The maximum atomic E-state index is 13.1. The summed E-state index contributed by atoms with van der Waals surface area (Å²) in [5, 5.41) is 30.5. The lowest BCUT2D eigenvalue weighted by molar-refractivity contribution is -0.138. The van der Waals surface area contributed by atoms with Crippen molar-refractivity contribution in [3.63, 3.8) is 0 Å². The molecule has 2 heterocycles. The molecule has 1 aromatic carbocycles. The van der Waals surface area contributed by atoms with Gasteiger partial charge in [0, 0.05) is 5.69 Å². The minimum Gasteiger partial charge on any atom is -0.378 e. The third kappa shape index (κ3) is 4.06. The van der Waals surface area contributed by atoms with Gasteiger partial charge >= 0.3 is 6.18 Å². The standard InChI is InChI=1S/C19H13F3N6O2/c1-18(30,9-28-10-25-16-15(28)5-4-13(8-24)26-16)17(29)27-12-3-2-11(7-23)14(6-12)19(20,21)22/h2-6,10,30H,9H2,1H3,(H,27,29)/t18-/m0/s1. The number of fused-ring (bicyclic) bond motifs is 1. The largest absolute Gasteiger partial charge is 0.417 e. The summed E-state index contributed by atoms with van der Waals surface area (Å²) >= 11 is 0. The van der Waals surface area contributed by atoms with E-state index in [1.54, 1.807) is 6.07 Å². The number of carbonyl (C=O) groups excluding carboxylic acids is 1. The summed E-state index contributed by atoms with van der Waals surface area (Å²) in [5.41, 5.74) is -3.16. The molecule has 0 unspecified atom stereocenters. The van der Waals surface area contributed by atoms with E-state index < -0.39 is 28.8 Å². The van der Waals surface area contributed by atoms with Gasteiger partial charge in [0.05, 0.1) is 35.6 Å². The van der Waals surface area contributed by atoms with E-state index in [1.807, 2.05) is 6.07 Å². The number of pyridine rings is 1. The highest BCUT2D eigenvalue weighted by Crippen LogP contribution is 2.33. The molecule has 8 nitrogen and oxygen atoms in total. The Morgan fingerprint density at radius 3 is 2.60 bits per heavy atom. The van der Waals surface area contributed by atoms with Gasteiger partial charge in [-0.1, -0.05) is 0 Å². The highest BCUT2D eigenvalue weighted by Gasteiger charge is 2.35. The number of alkyl halides is 3. The van der Waals surface area contributed by atoms with Crippen molar-refractivity contribution in [2.75, 3.05) is 5.32 Å². The van der Waals surface area contributed by atoms with Crippen LogP contribution in [-0.2, 0) is 17.5 Å². The van der Waals surface area contributed by atoms with Crippen LogP contribution in [0.15, 0.2) is 36.7 Å². The topological polar surface area (TPSA) is 128 Å². The van der Waals surface area contributed by atoms with Crippen LogP contribution in [0.25, 0.3) is 11.2 Å². The number of carbonyl (C=O) groups is 1. The Hall–Kier alpha value is -3.96. The number of rotatable bonds is 4. The van der Waals surface area contributed by atoms with Crippen LogP contribution in [-0.4, -0.2) is 31.1 Å². The van der Waals surface area contributed by atoms with E-state index in [2.05, 4.69) is 15.3 Å². The van der Waals surface area contributed by atoms with Crippen LogP contribution in [0, 0.1) is 22.7 Å². The Kier molecular flexibility index (Phi) is 5.16. The Morgan fingerprint density at radius 2 is 1.97 bits per heavy atom. The van der Waals surface area contributed by atoms with E-state index in [4.69, 9.17) is 10.5 Å². The van der Waals surface area contributed by atoms with Gasteiger partial charge in [-0.2, -0.15) is 23.7 Å². The molecule has 0 fully saturated rings. The molecule has 3 rings (SSSR count). The second-order valence-corrected chi connectivity index (χ2v) is 6.62. The molecule has 1 atom stereocenters. The van der Waals surface area contributed by atoms with Crippen molar-refractivity contribution in [2.24, 2.45) is 0 Å². The molecule has 2 aromatic heterocycles. The van der Waals surface area contributed by atoms with Crippen molar-refractivity contribution in [2.45, 2.75) is 25.2 Å². The number of amides is 1. The van der Waals surface area contributed by atoms with Crippen LogP contribution < -0.4 is 5.32 Å². The van der Waals surface area contributed by atoms with Crippen molar-refractivity contribution in [3.8, 4) is 12.1 Å². The molecule has 11 heteroatoms. The zero-order valence-electron chi connectivity index (χ0n) is 15.4. The van der Waals surface area contributed by atoms with Gasteiger partial charge in [0.1, 0.15) is 11.8 Å².